The maximum absolute atomic E-state index is 12.9. The van der Waals surface area contributed by atoms with Crippen molar-refractivity contribution in [1.29, 1.82) is 0 Å². The summed E-state index contributed by atoms with van der Waals surface area (Å²) >= 11 is 0. The van der Waals surface area contributed by atoms with Gasteiger partial charge < -0.3 is 15.4 Å². The Morgan fingerprint density at radius 1 is 1.15 bits per heavy atom. The van der Waals surface area contributed by atoms with Gasteiger partial charge in [-0.15, -0.1) is 12.4 Å². The van der Waals surface area contributed by atoms with Gasteiger partial charge in [-0.3, -0.25) is 4.79 Å². The number of benzene rings is 2. The van der Waals surface area contributed by atoms with Crippen molar-refractivity contribution in [2.75, 3.05) is 13.1 Å². The molecule has 0 bridgehead atoms. The first-order chi connectivity index (χ1) is 12.4. The Kier molecular flexibility index (Phi) is 6.78. The van der Waals surface area contributed by atoms with E-state index in [9.17, 15) is 13.6 Å². The summed E-state index contributed by atoms with van der Waals surface area (Å²) < 4.78 is 29.6. The molecule has 0 saturated carbocycles. The molecular formula is C20H23ClF2N2O2. The fourth-order valence-electron chi connectivity index (χ4n) is 3.58. The van der Waals surface area contributed by atoms with Crippen molar-refractivity contribution in [3.8, 4) is 5.75 Å². The smallest absolute Gasteiger partial charge is 0.387 e. The van der Waals surface area contributed by atoms with E-state index in [0.29, 0.717) is 29.8 Å². The molecule has 0 aliphatic carbocycles. The predicted octanol–water partition coefficient (Wildman–Crippen LogP) is 3.89. The molecule has 0 unspecified atom stereocenters. The average molecular weight is 397 g/mol. The maximum Gasteiger partial charge on any atom is 0.387 e. The van der Waals surface area contributed by atoms with E-state index in [4.69, 9.17) is 5.73 Å². The lowest BCUT2D eigenvalue weighted by atomic mass is 9.95. The number of nitrogens with two attached hydrogens (primary N) is 1. The van der Waals surface area contributed by atoms with Crippen LogP contribution in [0.2, 0.25) is 0 Å². The zero-order chi connectivity index (χ0) is 18.8. The maximum atomic E-state index is 12.9. The van der Waals surface area contributed by atoms with Crippen molar-refractivity contribution in [2.45, 2.75) is 32.4 Å². The van der Waals surface area contributed by atoms with Crippen LogP contribution < -0.4 is 10.5 Å². The standard InChI is InChI=1S/C20H22F2N2O2.ClH/c1-12-8-15(9-13(2)18(12)26-20(21)22)19(25)24-10-16(17(23)11-24)14-6-4-3-5-7-14;/h3-9,16-17,20H,10-11,23H2,1-2H3;1H/t16-,17+;/m0./s1. The molecule has 146 valence electrons. The third kappa shape index (κ3) is 4.57. The van der Waals surface area contributed by atoms with Crippen LogP contribution in [0.25, 0.3) is 0 Å². The first-order valence-electron chi connectivity index (χ1n) is 8.52. The highest BCUT2D eigenvalue weighted by Crippen LogP contribution is 2.30. The number of alkyl halides is 2. The van der Waals surface area contributed by atoms with Gasteiger partial charge in [0.05, 0.1) is 0 Å². The highest BCUT2D eigenvalue weighted by molar-refractivity contribution is 5.95. The van der Waals surface area contributed by atoms with E-state index in [1.165, 1.54) is 0 Å². The highest BCUT2D eigenvalue weighted by Gasteiger charge is 2.34. The number of rotatable bonds is 4. The summed E-state index contributed by atoms with van der Waals surface area (Å²) in [4.78, 5) is 14.6. The first kappa shape index (κ1) is 21.1. The summed E-state index contributed by atoms with van der Waals surface area (Å²) in [5.74, 6) is 0.0642. The van der Waals surface area contributed by atoms with Crippen LogP contribution in [0.4, 0.5) is 8.78 Å². The first-order valence-corrected chi connectivity index (χ1v) is 8.52. The largest absolute Gasteiger partial charge is 0.434 e. The molecule has 2 aromatic rings. The summed E-state index contributed by atoms with van der Waals surface area (Å²) in [5.41, 5.74) is 8.86. The molecule has 0 aromatic heterocycles. The fourth-order valence-corrected chi connectivity index (χ4v) is 3.58. The van der Waals surface area contributed by atoms with E-state index in [0.717, 1.165) is 5.56 Å². The third-order valence-electron chi connectivity index (χ3n) is 4.79. The van der Waals surface area contributed by atoms with Crippen LogP contribution in [-0.2, 0) is 0 Å². The van der Waals surface area contributed by atoms with Crippen LogP contribution in [0.1, 0.15) is 33.0 Å². The number of nitrogens with zero attached hydrogens (tertiary/aromatic N) is 1. The van der Waals surface area contributed by atoms with Gasteiger partial charge in [0.25, 0.3) is 5.91 Å². The molecule has 1 heterocycles. The third-order valence-corrected chi connectivity index (χ3v) is 4.79. The molecule has 0 radical (unpaired) electrons. The van der Waals surface area contributed by atoms with Crippen molar-refractivity contribution < 1.29 is 18.3 Å². The van der Waals surface area contributed by atoms with Crippen LogP contribution in [-0.4, -0.2) is 36.5 Å². The molecule has 1 aliphatic rings. The van der Waals surface area contributed by atoms with E-state index in [-0.39, 0.29) is 36.0 Å². The highest BCUT2D eigenvalue weighted by atomic mass is 35.5. The minimum Gasteiger partial charge on any atom is -0.434 e. The zero-order valence-corrected chi connectivity index (χ0v) is 16.0. The van der Waals surface area contributed by atoms with Crippen molar-refractivity contribution in [1.82, 2.24) is 4.90 Å². The molecule has 1 amide bonds. The van der Waals surface area contributed by atoms with Crippen molar-refractivity contribution in [2.24, 2.45) is 5.73 Å². The minimum absolute atomic E-state index is 0. The van der Waals surface area contributed by atoms with Crippen molar-refractivity contribution >= 4 is 18.3 Å². The van der Waals surface area contributed by atoms with Crippen LogP contribution in [0.15, 0.2) is 42.5 Å². The van der Waals surface area contributed by atoms with Gasteiger partial charge in [-0.2, -0.15) is 8.78 Å². The van der Waals surface area contributed by atoms with E-state index in [1.807, 2.05) is 30.3 Å². The molecule has 27 heavy (non-hydrogen) atoms. The van der Waals surface area contributed by atoms with E-state index in [1.54, 1.807) is 30.9 Å². The lowest BCUT2D eigenvalue weighted by Gasteiger charge is -2.18. The van der Waals surface area contributed by atoms with Gasteiger partial charge in [-0.1, -0.05) is 30.3 Å². The molecule has 0 spiro atoms. The molecule has 2 aromatic carbocycles. The zero-order valence-electron chi connectivity index (χ0n) is 15.2. The van der Waals surface area contributed by atoms with Crippen LogP contribution in [0.3, 0.4) is 0 Å². The second-order valence-electron chi connectivity index (χ2n) is 6.71. The van der Waals surface area contributed by atoms with E-state index in [2.05, 4.69) is 4.74 Å². The molecular weight excluding hydrogens is 374 g/mol. The number of ether oxygens (including phenoxy) is 1. The summed E-state index contributed by atoms with van der Waals surface area (Å²) in [6, 6.07) is 12.9. The summed E-state index contributed by atoms with van der Waals surface area (Å²) in [6.07, 6.45) is 0. The Bertz CT molecular complexity index is 779. The van der Waals surface area contributed by atoms with Crippen LogP contribution >= 0.6 is 12.4 Å². The normalized spacial score (nSPS) is 19.1. The minimum atomic E-state index is -2.89. The van der Waals surface area contributed by atoms with Gasteiger partial charge in [0, 0.05) is 30.6 Å². The lowest BCUT2D eigenvalue weighted by molar-refractivity contribution is -0.0507. The second kappa shape index (κ2) is 8.67. The number of carbonyl (C=O) groups excluding carboxylic acids is 1. The Balaban J connectivity index is 0.00000261. The van der Waals surface area contributed by atoms with E-state index < -0.39 is 6.61 Å². The van der Waals surface area contributed by atoms with E-state index >= 15 is 0 Å². The Morgan fingerprint density at radius 3 is 2.30 bits per heavy atom. The Hall–Kier alpha value is -2.18. The molecule has 1 saturated heterocycles. The number of amides is 1. The predicted molar refractivity (Wildman–Crippen MR) is 103 cm³/mol. The molecule has 1 aliphatic heterocycles. The number of likely N-dealkylation sites (tertiary alicyclic amines) is 1. The van der Waals surface area contributed by atoms with Gasteiger partial charge in [0.2, 0.25) is 0 Å². The van der Waals surface area contributed by atoms with Gasteiger partial charge in [-0.25, -0.2) is 0 Å². The second-order valence-corrected chi connectivity index (χ2v) is 6.71. The van der Waals surface area contributed by atoms with Crippen molar-refractivity contribution in [3.63, 3.8) is 0 Å². The number of carbonyl (C=O) groups is 1. The Morgan fingerprint density at radius 2 is 1.74 bits per heavy atom. The molecule has 7 heteroatoms. The monoisotopic (exact) mass is 396 g/mol. The van der Waals surface area contributed by atoms with Crippen molar-refractivity contribution in [3.05, 3.63) is 64.7 Å². The quantitative estimate of drug-likeness (QED) is 0.852. The Labute approximate surface area is 163 Å². The van der Waals surface area contributed by atoms with Gasteiger partial charge >= 0.3 is 6.61 Å². The SMILES string of the molecule is Cc1cc(C(=O)N2C[C@@H](N)[C@H](c3ccccc3)C2)cc(C)c1OC(F)F.Cl. The lowest BCUT2D eigenvalue weighted by Crippen LogP contribution is -2.32. The molecule has 2 N–H and O–H groups in total. The summed E-state index contributed by atoms with van der Waals surface area (Å²) in [5, 5.41) is 0. The van der Waals surface area contributed by atoms with Gasteiger partial charge in [-0.05, 0) is 42.7 Å². The number of aryl methyl sites for hydroxylation is 2. The van der Waals surface area contributed by atoms with Crippen LogP contribution in [0.5, 0.6) is 5.75 Å². The summed E-state index contributed by atoms with van der Waals surface area (Å²) in [7, 11) is 0. The number of hydrogen-bond donors (Lipinski definition) is 1. The molecule has 1 fully saturated rings. The molecule has 2 atom stereocenters. The summed E-state index contributed by atoms with van der Waals surface area (Å²) in [6.45, 7) is 1.43. The van der Waals surface area contributed by atoms with Crippen LogP contribution in [0, 0.1) is 13.8 Å². The van der Waals surface area contributed by atoms with Gasteiger partial charge in [0.1, 0.15) is 5.75 Å². The molecule has 3 rings (SSSR count). The topological polar surface area (TPSA) is 55.6 Å². The number of halogens is 3. The number of hydrogen-bond acceptors (Lipinski definition) is 3. The molecule has 4 nitrogen and oxygen atoms in total. The average Bonchev–Trinajstić information content (AvgIpc) is 2.99. The van der Waals surface area contributed by atoms with Gasteiger partial charge in [0.15, 0.2) is 0 Å². The fraction of sp³-hybridized carbons (Fsp3) is 0.350.